The molecule has 0 bridgehead atoms. The van der Waals surface area contributed by atoms with Gasteiger partial charge in [0.15, 0.2) is 12.4 Å². The summed E-state index contributed by atoms with van der Waals surface area (Å²) in [5.41, 5.74) is 2.43. The molecule has 18 nitrogen and oxygen atoms in total. The number of aliphatic hydroxyl groups excluding tert-OH is 3. The van der Waals surface area contributed by atoms with Gasteiger partial charge in [0.2, 0.25) is 11.8 Å². The number of methoxy groups -OCH3 is 1. The van der Waals surface area contributed by atoms with E-state index in [1.807, 2.05) is 6.07 Å². The Morgan fingerprint density at radius 2 is 1.69 bits per heavy atom. The maximum atomic E-state index is 12.9. The minimum atomic E-state index is -1.81. The molecule has 1 aromatic rings. The quantitative estimate of drug-likeness (QED) is 0.126. The molecule has 7 N–H and O–H groups in total. The second-order valence-electron chi connectivity index (χ2n) is 16.8. The highest BCUT2D eigenvalue weighted by Crippen LogP contribution is 2.61. The molecule has 5 aliphatic rings. The minimum Gasteiger partial charge on any atom is -0.508 e. The standard InChI is InChI=1S/C41H58N2O16/c1-19-32(43-20(2)44)36(58-40-35(51)34(50)37(54-4)38(59-40)39(52)53)33(49)27(56-19)18-55-30(47)14-16-42-29(46)11-12-31(48)57-28-10-9-26-25-7-5-21-17-22(45)6-8-23(21)24(25)13-15-41(26,28)3/h6,8,17,19,24-28,32-38,40,45,49-51H,5,7,9-16,18H2,1-4H3,(H,42,46)(H,43,44)(H,52,53)/t19?,24-,25-,26+,27?,28+,32?,33?,34?,35?,36?,37?,38?,40?,41+/m1/s1. The molecule has 15 atom stereocenters. The summed E-state index contributed by atoms with van der Waals surface area (Å²) in [5, 5.41) is 57.2. The lowest BCUT2D eigenvalue weighted by Crippen LogP contribution is -2.67. The number of hydrogen-bond acceptors (Lipinski definition) is 15. The number of aliphatic hydroxyl groups is 3. The van der Waals surface area contributed by atoms with E-state index in [1.165, 1.54) is 18.1 Å². The van der Waals surface area contributed by atoms with Crippen molar-refractivity contribution >= 4 is 29.7 Å². The number of ether oxygens (including phenoxy) is 6. The van der Waals surface area contributed by atoms with Crippen LogP contribution >= 0.6 is 0 Å². The fourth-order valence-electron chi connectivity index (χ4n) is 10.2. The molecule has 2 amide bonds. The lowest BCUT2D eigenvalue weighted by Gasteiger charge is -2.50. The van der Waals surface area contributed by atoms with Crippen molar-refractivity contribution in [3.63, 3.8) is 0 Å². The SMILES string of the molecule is COC1C(C(=O)O)OC(OC2C(O)C(COC(=O)CCNC(=O)CCC(=O)O[C@H]3CC[C@H]4[C@@H]5CCc6cc(O)ccc6[C@H]5CC[C@]34C)OC(C)C2NC(C)=O)C(O)C1O. The van der Waals surface area contributed by atoms with Crippen LogP contribution in [0.4, 0.5) is 0 Å². The van der Waals surface area contributed by atoms with Crippen molar-refractivity contribution in [2.45, 2.75) is 152 Å². The Balaban J connectivity index is 0.930. The number of esters is 2. The van der Waals surface area contributed by atoms with Crippen LogP contribution in [0, 0.1) is 17.3 Å². The molecular weight excluding hydrogens is 776 g/mol. The summed E-state index contributed by atoms with van der Waals surface area (Å²) in [6.45, 7) is 4.43. The molecule has 59 heavy (non-hydrogen) atoms. The maximum Gasteiger partial charge on any atom is 0.335 e. The lowest BCUT2D eigenvalue weighted by atomic mass is 9.55. The smallest absolute Gasteiger partial charge is 0.335 e. The summed E-state index contributed by atoms with van der Waals surface area (Å²) in [6, 6.07) is 4.68. The van der Waals surface area contributed by atoms with Crippen molar-refractivity contribution in [1.29, 1.82) is 0 Å². The molecule has 0 aromatic heterocycles. The van der Waals surface area contributed by atoms with Crippen LogP contribution in [0.2, 0.25) is 0 Å². The van der Waals surface area contributed by atoms with Crippen LogP contribution in [0.25, 0.3) is 0 Å². The van der Waals surface area contributed by atoms with Gasteiger partial charge in [-0.25, -0.2) is 4.79 Å². The first kappa shape index (κ1) is 44.6. The second-order valence-corrected chi connectivity index (χ2v) is 16.8. The third kappa shape index (κ3) is 9.69. The van der Waals surface area contributed by atoms with E-state index in [1.54, 1.807) is 13.0 Å². The summed E-state index contributed by atoms with van der Waals surface area (Å²) in [4.78, 5) is 62.0. The number of carbonyl (C=O) groups excluding carboxylic acids is 4. The van der Waals surface area contributed by atoms with Gasteiger partial charge in [0, 0.05) is 32.4 Å². The number of aromatic hydroxyl groups is 1. The van der Waals surface area contributed by atoms with Crippen LogP contribution in [0.15, 0.2) is 18.2 Å². The van der Waals surface area contributed by atoms with Gasteiger partial charge < -0.3 is 64.6 Å². The average Bonchev–Trinajstić information content (AvgIpc) is 3.52. The molecule has 2 saturated heterocycles. The number of aliphatic carboxylic acids is 1. The molecule has 2 saturated carbocycles. The zero-order chi connectivity index (χ0) is 42.8. The van der Waals surface area contributed by atoms with Gasteiger partial charge in [0.1, 0.15) is 55.1 Å². The predicted molar refractivity (Wildman–Crippen MR) is 202 cm³/mol. The summed E-state index contributed by atoms with van der Waals surface area (Å²) >= 11 is 0. The normalized spacial score (nSPS) is 37.5. The van der Waals surface area contributed by atoms with Crippen molar-refractivity contribution < 1.29 is 77.9 Å². The Hall–Kier alpha value is -3.91. The summed E-state index contributed by atoms with van der Waals surface area (Å²) in [6.07, 6.45) is -8.60. The maximum absolute atomic E-state index is 12.9. The number of carbonyl (C=O) groups is 5. The molecule has 3 aliphatic carbocycles. The third-order valence-corrected chi connectivity index (χ3v) is 13.2. The Morgan fingerprint density at radius 3 is 2.41 bits per heavy atom. The molecule has 2 aliphatic heterocycles. The Morgan fingerprint density at radius 1 is 0.932 bits per heavy atom. The van der Waals surface area contributed by atoms with E-state index in [-0.39, 0.29) is 37.3 Å². The average molecular weight is 835 g/mol. The molecular formula is C41H58N2O16. The molecule has 1 aromatic carbocycles. The van der Waals surface area contributed by atoms with Gasteiger partial charge in [-0.3, -0.25) is 19.2 Å². The number of nitrogens with one attached hydrogen (secondary N) is 2. The van der Waals surface area contributed by atoms with Gasteiger partial charge in [-0.1, -0.05) is 13.0 Å². The summed E-state index contributed by atoms with van der Waals surface area (Å²) in [7, 11) is 1.14. The monoisotopic (exact) mass is 834 g/mol. The van der Waals surface area contributed by atoms with Crippen LogP contribution in [0.1, 0.15) is 89.2 Å². The number of phenols is 1. The van der Waals surface area contributed by atoms with E-state index in [2.05, 4.69) is 23.6 Å². The van der Waals surface area contributed by atoms with E-state index in [4.69, 9.17) is 28.4 Å². The number of hydrogen-bond donors (Lipinski definition) is 7. The van der Waals surface area contributed by atoms with E-state index >= 15 is 0 Å². The predicted octanol–water partition coefficient (Wildman–Crippen LogP) is 0.574. The second kappa shape index (κ2) is 18.8. The highest BCUT2D eigenvalue weighted by atomic mass is 16.7. The van der Waals surface area contributed by atoms with E-state index in [0.29, 0.717) is 23.5 Å². The molecule has 10 unspecified atom stereocenters. The summed E-state index contributed by atoms with van der Waals surface area (Å²) < 4.78 is 33.4. The van der Waals surface area contributed by atoms with Crippen LogP contribution in [0.5, 0.6) is 5.75 Å². The lowest BCUT2D eigenvalue weighted by molar-refractivity contribution is -0.327. The number of carboxylic acid groups (broad SMARTS) is 1. The van der Waals surface area contributed by atoms with Crippen LogP contribution in [-0.2, 0) is 58.8 Å². The molecule has 18 heteroatoms. The van der Waals surface area contributed by atoms with Crippen LogP contribution in [-0.4, -0.2) is 143 Å². The summed E-state index contributed by atoms with van der Waals surface area (Å²) in [5.74, 6) is -1.98. The van der Waals surface area contributed by atoms with Gasteiger partial charge in [0.25, 0.3) is 0 Å². The Labute approximate surface area is 342 Å². The first-order chi connectivity index (χ1) is 28.0. The van der Waals surface area contributed by atoms with Crippen molar-refractivity contribution in [2.75, 3.05) is 20.3 Å². The zero-order valence-electron chi connectivity index (χ0n) is 33.8. The van der Waals surface area contributed by atoms with Gasteiger partial charge in [0.05, 0.1) is 25.0 Å². The third-order valence-electron chi connectivity index (χ3n) is 13.2. The first-order valence-corrected chi connectivity index (χ1v) is 20.5. The number of benzene rings is 1. The Bertz CT molecular complexity index is 1710. The van der Waals surface area contributed by atoms with Crippen molar-refractivity contribution in [2.24, 2.45) is 17.3 Å². The van der Waals surface area contributed by atoms with Crippen LogP contribution in [0.3, 0.4) is 0 Å². The minimum absolute atomic E-state index is 0.0896. The zero-order valence-corrected chi connectivity index (χ0v) is 33.8. The number of fused-ring (bicyclic) bond motifs is 5. The molecule has 0 radical (unpaired) electrons. The molecule has 2 heterocycles. The van der Waals surface area contributed by atoms with Crippen LogP contribution < -0.4 is 10.6 Å². The van der Waals surface area contributed by atoms with Crippen molar-refractivity contribution in [1.82, 2.24) is 10.6 Å². The fourth-order valence-corrected chi connectivity index (χ4v) is 10.2. The molecule has 0 spiro atoms. The van der Waals surface area contributed by atoms with Gasteiger partial charge in [-0.05, 0) is 86.5 Å². The van der Waals surface area contributed by atoms with Gasteiger partial charge in [-0.2, -0.15) is 0 Å². The van der Waals surface area contributed by atoms with E-state index in [0.717, 1.165) is 45.6 Å². The molecule has 6 rings (SSSR count). The number of phenolic OH excluding ortho intramolecular Hbond substituents is 1. The molecule has 328 valence electrons. The van der Waals surface area contributed by atoms with E-state index < -0.39 is 97.5 Å². The largest absolute Gasteiger partial charge is 0.508 e. The molecule has 4 fully saturated rings. The number of amides is 2. The number of carboxylic acids is 1. The van der Waals surface area contributed by atoms with Gasteiger partial charge >= 0.3 is 17.9 Å². The van der Waals surface area contributed by atoms with Gasteiger partial charge in [-0.15, -0.1) is 0 Å². The highest BCUT2D eigenvalue weighted by molar-refractivity contribution is 5.81. The van der Waals surface area contributed by atoms with E-state index in [9.17, 15) is 49.5 Å². The highest BCUT2D eigenvalue weighted by Gasteiger charge is 2.57. The number of rotatable bonds is 14. The Kier molecular flexibility index (Phi) is 14.2. The number of aryl methyl sites for hydroxylation is 1. The van der Waals surface area contributed by atoms with Crippen molar-refractivity contribution in [3.8, 4) is 5.75 Å². The van der Waals surface area contributed by atoms with Crippen molar-refractivity contribution in [3.05, 3.63) is 29.3 Å². The topological polar surface area (TPSA) is 266 Å². The fraction of sp³-hybridized carbons (Fsp3) is 0.732. The first-order valence-electron chi connectivity index (χ1n) is 20.5.